The fourth-order valence-electron chi connectivity index (χ4n) is 2.02. The van der Waals surface area contributed by atoms with Crippen LogP contribution in [0.1, 0.15) is 5.56 Å². The lowest BCUT2D eigenvalue weighted by Crippen LogP contribution is -2.54. The SMILES string of the molecule is O=C1NCC(N=Cc2cc3c(cc2[N+](=O)[O-])OCO3)C(=O)N1. The summed E-state index contributed by atoms with van der Waals surface area (Å²) in [5.74, 6) is 0.0865. The van der Waals surface area contributed by atoms with E-state index in [4.69, 9.17) is 9.47 Å². The van der Waals surface area contributed by atoms with Crippen molar-refractivity contribution in [2.24, 2.45) is 4.99 Å². The first-order valence-electron chi connectivity index (χ1n) is 6.24. The van der Waals surface area contributed by atoms with E-state index in [0.717, 1.165) is 0 Å². The van der Waals surface area contributed by atoms with Gasteiger partial charge in [0.05, 0.1) is 23.1 Å². The number of aliphatic imine (C=N–C) groups is 1. The van der Waals surface area contributed by atoms with Crippen LogP contribution >= 0.6 is 0 Å². The van der Waals surface area contributed by atoms with Crippen molar-refractivity contribution >= 4 is 23.8 Å². The molecule has 2 N–H and O–H groups in total. The Balaban J connectivity index is 1.88. The summed E-state index contributed by atoms with van der Waals surface area (Å²) in [5.41, 5.74) is -0.0350. The van der Waals surface area contributed by atoms with Crippen LogP contribution in [-0.4, -0.2) is 42.5 Å². The fraction of sp³-hybridized carbons (Fsp3) is 0.250. The predicted octanol–water partition coefficient (Wildman–Crippen LogP) is -0.0496. The second kappa shape index (κ2) is 5.31. The zero-order valence-corrected chi connectivity index (χ0v) is 11.1. The summed E-state index contributed by atoms with van der Waals surface area (Å²) in [6.45, 7) is 0.0175. The Morgan fingerprint density at radius 3 is 2.73 bits per heavy atom. The van der Waals surface area contributed by atoms with E-state index in [-0.39, 0.29) is 30.3 Å². The van der Waals surface area contributed by atoms with Gasteiger partial charge < -0.3 is 14.8 Å². The van der Waals surface area contributed by atoms with Crippen molar-refractivity contribution in [3.63, 3.8) is 0 Å². The Labute approximate surface area is 123 Å². The van der Waals surface area contributed by atoms with Crippen LogP contribution in [0.3, 0.4) is 0 Å². The van der Waals surface area contributed by atoms with E-state index in [1.807, 2.05) is 0 Å². The number of fused-ring (bicyclic) bond motifs is 1. The molecule has 2 aliphatic heterocycles. The van der Waals surface area contributed by atoms with Crippen molar-refractivity contribution in [2.45, 2.75) is 6.04 Å². The molecule has 0 radical (unpaired) electrons. The molecule has 1 unspecified atom stereocenters. The normalized spacial score (nSPS) is 19.9. The highest BCUT2D eigenvalue weighted by Crippen LogP contribution is 2.37. The molecule has 0 aromatic heterocycles. The number of rotatable bonds is 3. The maximum Gasteiger partial charge on any atom is 0.321 e. The molecule has 1 fully saturated rings. The molecule has 2 heterocycles. The van der Waals surface area contributed by atoms with Gasteiger partial charge in [0.1, 0.15) is 6.04 Å². The number of carbonyl (C=O) groups is 2. The molecule has 1 atom stereocenters. The maximum atomic E-state index is 11.6. The number of carbonyl (C=O) groups excluding carboxylic acids is 2. The smallest absolute Gasteiger partial charge is 0.321 e. The van der Waals surface area contributed by atoms with Gasteiger partial charge in [0, 0.05) is 6.21 Å². The Morgan fingerprint density at radius 1 is 1.32 bits per heavy atom. The minimum Gasteiger partial charge on any atom is -0.454 e. The number of nitro benzene ring substituents is 1. The van der Waals surface area contributed by atoms with Gasteiger partial charge in [-0.1, -0.05) is 0 Å². The number of hydrogen-bond donors (Lipinski definition) is 2. The van der Waals surface area contributed by atoms with Gasteiger partial charge in [-0.3, -0.25) is 25.2 Å². The van der Waals surface area contributed by atoms with Crippen molar-refractivity contribution < 1.29 is 24.0 Å². The molecule has 0 saturated carbocycles. The molecule has 0 spiro atoms. The van der Waals surface area contributed by atoms with Crippen LogP contribution in [-0.2, 0) is 4.79 Å². The number of amides is 3. The molecule has 1 saturated heterocycles. The van der Waals surface area contributed by atoms with Crippen LogP contribution in [0.4, 0.5) is 10.5 Å². The Morgan fingerprint density at radius 2 is 2.05 bits per heavy atom. The van der Waals surface area contributed by atoms with Gasteiger partial charge in [-0.25, -0.2) is 4.79 Å². The average molecular weight is 306 g/mol. The average Bonchev–Trinajstić information content (AvgIpc) is 2.92. The molecule has 114 valence electrons. The standard InChI is InChI=1S/C12H10N4O6/c17-11-7(4-14-12(18)15-11)13-3-6-1-9-10(22-5-21-9)2-8(6)16(19)20/h1-3,7H,4-5H2,(H2,14,15,17,18). The maximum absolute atomic E-state index is 11.6. The molecule has 10 heteroatoms. The summed E-state index contributed by atoms with van der Waals surface area (Å²) >= 11 is 0. The molecule has 0 aliphatic carbocycles. The van der Waals surface area contributed by atoms with E-state index >= 15 is 0 Å². The van der Waals surface area contributed by atoms with E-state index in [2.05, 4.69) is 15.6 Å². The Kier molecular flexibility index (Phi) is 3.33. The zero-order valence-electron chi connectivity index (χ0n) is 11.1. The number of urea groups is 1. The van der Waals surface area contributed by atoms with E-state index in [9.17, 15) is 19.7 Å². The first-order valence-corrected chi connectivity index (χ1v) is 6.24. The van der Waals surface area contributed by atoms with Crippen molar-refractivity contribution in [3.8, 4) is 11.5 Å². The van der Waals surface area contributed by atoms with Gasteiger partial charge in [0.25, 0.3) is 11.6 Å². The largest absolute Gasteiger partial charge is 0.454 e. The third-order valence-electron chi connectivity index (χ3n) is 3.11. The van der Waals surface area contributed by atoms with E-state index in [1.165, 1.54) is 18.3 Å². The highest BCUT2D eigenvalue weighted by molar-refractivity contribution is 6.00. The minimum atomic E-state index is -0.845. The van der Waals surface area contributed by atoms with Crippen LogP contribution in [0, 0.1) is 10.1 Å². The number of nitrogens with zero attached hydrogens (tertiary/aromatic N) is 2. The molecular formula is C12H10N4O6. The van der Waals surface area contributed by atoms with E-state index < -0.39 is 22.9 Å². The van der Waals surface area contributed by atoms with Crippen LogP contribution in [0.2, 0.25) is 0 Å². The van der Waals surface area contributed by atoms with Crippen molar-refractivity contribution in [2.75, 3.05) is 13.3 Å². The van der Waals surface area contributed by atoms with Gasteiger partial charge in [-0.05, 0) is 6.07 Å². The van der Waals surface area contributed by atoms with Gasteiger partial charge in [-0.2, -0.15) is 0 Å². The first-order chi connectivity index (χ1) is 10.5. The zero-order chi connectivity index (χ0) is 15.7. The minimum absolute atomic E-state index is 0.00978. The lowest BCUT2D eigenvalue weighted by atomic mass is 10.1. The number of nitrogens with one attached hydrogen (secondary N) is 2. The molecule has 3 amide bonds. The highest BCUT2D eigenvalue weighted by Gasteiger charge is 2.26. The molecule has 2 aliphatic rings. The summed E-state index contributed by atoms with van der Waals surface area (Å²) < 4.78 is 10.2. The first kappa shape index (κ1) is 13.8. The molecule has 10 nitrogen and oxygen atoms in total. The topological polar surface area (TPSA) is 132 Å². The number of ether oxygens (including phenoxy) is 2. The molecular weight excluding hydrogens is 296 g/mol. The molecule has 3 rings (SSSR count). The monoisotopic (exact) mass is 306 g/mol. The second-order valence-corrected chi connectivity index (χ2v) is 4.51. The van der Waals surface area contributed by atoms with E-state index in [0.29, 0.717) is 5.75 Å². The molecule has 0 bridgehead atoms. The van der Waals surface area contributed by atoms with Crippen LogP contribution in [0.5, 0.6) is 11.5 Å². The third kappa shape index (κ3) is 2.53. The summed E-state index contributed by atoms with van der Waals surface area (Å²) in [7, 11) is 0. The summed E-state index contributed by atoms with van der Waals surface area (Å²) in [6, 6.07) is 1.23. The van der Waals surface area contributed by atoms with Gasteiger partial charge in [-0.15, -0.1) is 0 Å². The summed E-state index contributed by atoms with van der Waals surface area (Å²) in [6.07, 6.45) is 1.21. The van der Waals surface area contributed by atoms with Gasteiger partial charge >= 0.3 is 6.03 Å². The Hall–Kier alpha value is -3.17. The third-order valence-corrected chi connectivity index (χ3v) is 3.11. The number of nitro groups is 1. The number of benzene rings is 1. The van der Waals surface area contributed by atoms with Crippen molar-refractivity contribution in [1.29, 1.82) is 0 Å². The number of imide groups is 1. The van der Waals surface area contributed by atoms with Crippen molar-refractivity contribution in [1.82, 2.24) is 10.6 Å². The van der Waals surface area contributed by atoms with Gasteiger partial charge in [0.15, 0.2) is 11.5 Å². The molecule has 1 aromatic carbocycles. The van der Waals surface area contributed by atoms with Crippen molar-refractivity contribution in [3.05, 3.63) is 27.8 Å². The molecule has 22 heavy (non-hydrogen) atoms. The number of hydrogen-bond acceptors (Lipinski definition) is 7. The predicted molar refractivity (Wildman–Crippen MR) is 72.1 cm³/mol. The van der Waals surface area contributed by atoms with Crippen LogP contribution in [0.15, 0.2) is 17.1 Å². The quantitative estimate of drug-likeness (QED) is 0.457. The lowest BCUT2D eigenvalue weighted by Gasteiger charge is -2.18. The highest BCUT2D eigenvalue weighted by atomic mass is 16.7. The van der Waals surface area contributed by atoms with Crippen LogP contribution < -0.4 is 20.1 Å². The summed E-state index contributed by atoms with van der Waals surface area (Å²) in [5, 5.41) is 15.6. The Bertz CT molecular complexity index is 701. The second-order valence-electron chi connectivity index (χ2n) is 4.51. The van der Waals surface area contributed by atoms with E-state index in [1.54, 1.807) is 0 Å². The lowest BCUT2D eigenvalue weighted by molar-refractivity contribution is -0.385. The van der Waals surface area contributed by atoms with Crippen LogP contribution in [0.25, 0.3) is 0 Å². The fourth-order valence-corrected chi connectivity index (χ4v) is 2.02. The van der Waals surface area contributed by atoms with Gasteiger partial charge in [0.2, 0.25) is 6.79 Å². The molecule has 1 aromatic rings. The summed E-state index contributed by atoms with van der Waals surface area (Å²) in [4.78, 5) is 37.0.